The zero-order valence-corrected chi connectivity index (χ0v) is 26.6. The minimum atomic E-state index is -0.815. The number of nitrogens with one attached hydrogen (secondary N) is 2. The van der Waals surface area contributed by atoms with Gasteiger partial charge in [-0.1, -0.05) is 81.0 Å². The molecule has 2 N–H and O–H groups in total. The van der Waals surface area contributed by atoms with Gasteiger partial charge in [0, 0.05) is 31.5 Å². The van der Waals surface area contributed by atoms with Gasteiger partial charge in [-0.2, -0.15) is 0 Å². The highest BCUT2D eigenvalue weighted by Crippen LogP contribution is 2.54. The number of hydrogen-bond acceptors (Lipinski definition) is 7. The molecular weight excluding hydrogens is 686 g/mol. The summed E-state index contributed by atoms with van der Waals surface area (Å²) in [7, 11) is 0. The smallest absolute Gasteiger partial charge is 0.305 e. The van der Waals surface area contributed by atoms with E-state index in [0.717, 1.165) is 22.1 Å². The quantitative estimate of drug-likeness (QED) is 0.188. The normalized spacial score (nSPS) is 19.1. The highest BCUT2D eigenvalue weighted by molar-refractivity contribution is 9.10. The van der Waals surface area contributed by atoms with Crippen LogP contribution in [-0.2, 0) is 14.4 Å². The monoisotopic (exact) mass is 705 g/mol. The molecule has 3 amide bonds. The summed E-state index contributed by atoms with van der Waals surface area (Å²) in [6.07, 6.45) is 0. The van der Waals surface area contributed by atoms with Gasteiger partial charge in [-0.15, -0.1) is 0 Å². The van der Waals surface area contributed by atoms with Crippen molar-refractivity contribution in [2.45, 2.75) is 16.2 Å². The fourth-order valence-electron chi connectivity index (χ4n) is 5.70. The number of thioether (sulfide) groups is 1. The largest absolute Gasteiger partial charge is 0.483 e. The lowest BCUT2D eigenvalue weighted by Crippen LogP contribution is -2.32. The van der Waals surface area contributed by atoms with Crippen molar-refractivity contribution in [1.82, 2.24) is 4.98 Å². The Morgan fingerprint density at radius 2 is 1.73 bits per heavy atom. The summed E-state index contributed by atoms with van der Waals surface area (Å²) in [5.41, 5.74) is 1.65. The van der Waals surface area contributed by atoms with Crippen molar-refractivity contribution in [3.63, 3.8) is 0 Å². The predicted molar refractivity (Wildman–Crippen MR) is 176 cm³/mol. The summed E-state index contributed by atoms with van der Waals surface area (Å²) >= 11 is 11.8. The molecule has 12 heteroatoms. The molecule has 3 heterocycles. The second-order valence-electron chi connectivity index (χ2n) is 10.3. The van der Waals surface area contributed by atoms with Gasteiger partial charge < -0.3 is 15.0 Å². The van der Waals surface area contributed by atoms with Crippen LogP contribution in [0.25, 0.3) is 10.8 Å². The molecule has 8 nitrogen and oxygen atoms in total. The molecule has 0 radical (unpaired) electrons. The summed E-state index contributed by atoms with van der Waals surface area (Å²) < 4.78 is 6.79. The van der Waals surface area contributed by atoms with E-state index < -0.39 is 17.1 Å². The van der Waals surface area contributed by atoms with Crippen LogP contribution in [0.2, 0.25) is 5.02 Å². The van der Waals surface area contributed by atoms with E-state index in [2.05, 4.69) is 26.2 Å². The molecule has 0 spiro atoms. The third-order valence-corrected chi connectivity index (χ3v) is 10.8. The number of fused-ring (bicyclic) bond motifs is 3. The summed E-state index contributed by atoms with van der Waals surface area (Å²) in [6.45, 7) is -0.295. The molecule has 44 heavy (non-hydrogen) atoms. The van der Waals surface area contributed by atoms with Gasteiger partial charge in [-0.3, -0.25) is 19.2 Å². The molecule has 1 saturated heterocycles. The third kappa shape index (κ3) is 5.23. The average Bonchev–Trinajstić information content (AvgIpc) is 3.51. The number of halogens is 2. The number of H-pyrrole nitrogens is 1. The Hall–Kier alpha value is -3.90. The Kier molecular flexibility index (Phi) is 7.57. The molecule has 5 aromatic rings. The van der Waals surface area contributed by atoms with Crippen LogP contribution in [0.4, 0.5) is 11.4 Å². The number of aromatic amines is 1. The Labute approximate surface area is 272 Å². The Bertz CT molecular complexity index is 2030. The highest BCUT2D eigenvalue weighted by Gasteiger charge is 2.56. The Morgan fingerprint density at radius 3 is 2.52 bits per heavy atom. The van der Waals surface area contributed by atoms with Crippen LogP contribution in [-0.4, -0.2) is 34.6 Å². The molecule has 2 aliphatic rings. The lowest BCUT2D eigenvalue weighted by atomic mass is 9.82. The number of benzene rings is 4. The fourth-order valence-corrected chi connectivity index (χ4v) is 8.71. The van der Waals surface area contributed by atoms with E-state index in [9.17, 15) is 19.2 Å². The first-order chi connectivity index (χ1) is 21.3. The molecule has 0 bridgehead atoms. The van der Waals surface area contributed by atoms with E-state index >= 15 is 0 Å². The van der Waals surface area contributed by atoms with E-state index in [-0.39, 0.29) is 29.2 Å². The summed E-state index contributed by atoms with van der Waals surface area (Å²) in [4.78, 5) is 57.7. The van der Waals surface area contributed by atoms with Crippen molar-refractivity contribution < 1.29 is 19.1 Å². The topological polar surface area (TPSA) is 109 Å². The first-order valence-corrected chi connectivity index (χ1v) is 16.4. The van der Waals surface area contributed by atoms with E-state index in [1.54, 1.807) is 36.4 Å². The van der Waals surface area contributed by atoms with Crippen molar-refractivity contribution in [2.24, 2.45) is 5.92 Å². The van der Waals surface area contributed by atoms with E-state index in [4.69, 9.17) is 16.3 Å². The van der Waals surface area contributed by atoms with Crippen LogP contribution in [0.5, 0.6) is 5.75 Å². The van der Waals surface area contributed by atoms with Gasteiger partial charge in [0.05, 0.1) is 16.6 Å². The van der Waals surface area contributed by atoms with E-state index in [0.29, 0.717) is 42.1 Å². The zero-order valence-electron chi connectivity index (χ0n) is 22.6. The van der Waals surface area contributed by atoms with Crippen LogP contribution in [0, 0.1) is 5.92 Å². The lowest BCUT2D eigenvalue weighted by molar-refractivity contribution is -0.122. The second-order valence-corrected chi connectivity index (χ2v) is 13.8. The first-order valence-electron chi connectivity index (χ1n) is 13.5. The number of amides is 3. The summed E-state index contributed by atoms with van der Waals surface area (Å²) in [6, 6.07) is 25.3. The molecule has 0 saturated carbocycles. The molecule has 1 fully saturated rings. The number of anilines is 2. The highest BCUT2D eigenvalue weighted by atomic mass is 79.9. The number of nitrogens with zero attached hydrogens (tertiary/aromatic N) is 1. The van der Waals surface area contributed by atoms with E-state index in [1.807, 2.05) is 48.5 Å². The number of ether oxygens (including phenoxy) is 1. The number of carbonyl (C=O) groups excluding carboxylic acids is 3. The zero-order chi connectivity index (χ0) is 30.5. The molecule has 2 aliphatic heterocycles. The van der Waals surface area contributed by atoms with Crippen molar-refractivity contribution in [3.8, 4) is 5.75 Å². The number of aromatic nitrogens is 1. The Morgan fingerprint density at radius 1 is 0.955 bits per heavy atom. The Balaban J connectivity index is 1.21. The first kappa shape index (κ1) is 28.8. The maximum absolute atomic E-state index is 14.1. The van der Waals surface area contributed by atoms with Crippen LogP contribution in [0.3, 0.4) is 0 Å². The van der Waals surface area contributed by atoms with Crippen molar-refractivity contribution >= 4 is 90.5 Å². The average molecular weight is 707 g/mol. The van der Waals surface area contributed by atoms with Gasteiger partial charge in [-0.25, -0.2) is 4.90 Å². The van der Waals surface area contributed by atoms with Gasteiger partial charge >= 0.3 is 4.87 Å². The second kappa shape index (κ2) is 11.6. The fraction of sp³-hybridized carbons (Fsp3) is 0.125. The summed E-state index contributed by atoms with van der Waals surface area (Å²) in [5.74, 6) is -2.24. The van der Waals surface area contributed by atoms with Crippen LogP contribution >= 0.6 is 50.6 Å². The van der Waals surface area contributed by atoms with E-state index in [1.165, 1.54) is 16.7 Å². The number of rotatable bonds is 6. The molecule has 2 unspecified atom stereocenters. The molecule has 220 valence electrons. The maximum atomic E-state index is 14.1. The number of thiazole rings is 1. The van der Waals surface area contributed by atoms with Crippen LogP contribution in [0.15, 0.2) is 99.2 Å². The third-order valence-electron chi connectivity index (χ3n) is 7.61. The van der Waals surface area contributed by atoms with Crippen LogP contribution < -0.4 is 19.8 Å². The molecule has 3 atom stereocenters. The molecular formula is C32H21BrClN3O5S2. The molecule has 0 aliphatic carbocycles. The standard InChI is InChI=1S/C32H21BrClN3O5S2/c33-18-6-12-23(42-15-24(38)35-20-9-5-16-3-1-2-4-17(16)13-20)22(14-18)25-26-28(43-29-27(25)44-32(41)36-29)31(40)37(30(26)39)21-10-7-19(34)8-11-21/h1-14,25-26,28H,15H2,(H,35,38)(H,36,41)/t25-,26?,28?/m1/s1. The number of hydrogen-bond donors (Lipinski definition) is 2. The van der Waals surface area contributed by atoms with Gasteiger partial charge in [0.1, 0.15) is 11.0 Å². The van der Waals surface area contributed by atoms with Gasteiger partial charge in [0.2, 0.25) is 11.8 Å². The number of carbonyl (C=O) groups is 3. The lowest BCUT2D eigenvalue weighted by Gasteiger charge is -2.31. The van der Waals surface area contributed by atoms with Gasteiger partial charge in [0.25, 0.3) is 5.91 Å². The predicted octanol–water partition coefficient (Wildman–Crippen LogP) is 6.82. The molecule has 7 rings (SSSR count). The van der Waals surface area contributed by atoms with Crippen molar-refractivity contribution in [3.05, 3.63) is 115 Å². The molecule has 1 aromatic heterocycles. The minimum absolute atomic E-state index is 0.283. The molecule has 4 aromatic carbocycles. The SMILES string of the molecule is O=C(COc1ccc(Br)cc1[C@H]1c2sc(=O)[nH]c2SC2C(=O)N(c3ccc(Cl)cc3)C(=O)C21)Nc1ccc2ccccc2c1. The summed E-state index contributed by atoms with van der Waals surface area (Å²) in [5, 5.41) is 5.19. The van der Waals surface area contributed by atoms with Crippen molar-refractivity contribution in [2.75, 3.05) is 16.8 Å². The number of imide groups is 1. The van der Waals surface area contributed by atoms with Crippen molar-refractivity contribution in [1.29, 1.82) is 0 Å². The van der Waals surface area contributed by atoms with Crippen LogP contribution in [0.1, 0.15) is 16.4 Å². The minimum Gasteiger partial charge on any atom is -0.483 e. The maximum Gasteiger partial charge on any atom is 0.305 e. The van der Waals surface area contributed by atoms with Gasteiger partial charge in [-0.05, 0) is 65.4 Å². The van der Waals surface area contributed by atoms with Gasteiger partial charge in [0.15, 0.2) is 6.61 Å².